The first-order valence-corrected chi connectivity index (χ1v) is 7.49. The summed E-state index contributed by atoms with van der Waals surface area (Å²) in [5, 5.41) is 4.57. The van der Waals surface area contributed by atoms with Gasteiger partial charge in [0.25, 0.3) is 0 Å². The molecule has 4 nitrogen and oxygen atoms in total. The highest BCUT2D eigenvalue weighted by Crippen LogP contribution is 2.16. The summed E-state index contributed by atoms with van der Waals surface area (Å²) in [5.41, 5.74) is 3.20. The van der Waals surface area contributed by atoms with Gasteiger partial charge < -0.3 is 4.90 Å². The van der Waals surface area contributed by atoms with Crippen molar-refractivity contribution in [3.8, 4) is 0 Å². The van der Waals surface area contributed by atoms with Crippen LogP contribution in [0.5, 0.6) is 0 Å². The highest BCUT2D eigenvalue weighted by Gasteiger charge is 2.18. The lowest BCUT2D eigenvalue weighted by Crippen LogP contribution is -2.31. The number of likely N-dealkylation sites (N-methyl/N-ethyl adjacent to an activating group) is 1. The van der Waals surface area contributed by atoms with Crippen LogP contribution in [0.15, 0.2) is 0 Å². The molecule has 1 rings (SSSR count). The van der Waals surface area contributed by atoms with E-state index in [4.69, 9.17) is 0 Å². The Balaban J connectivity index is 2.82. The fourth-order valence-corrected chi connectivity index (χ4v) is 2.45. The van der Waals surface area contributed by atoms with Gasteiger partial charge in [0.15, 0.2) is 0 Å². The maximum atomic E-state index is 12.3. The van der Waals surface area contributed by atoms with Crippen LogP contribution in [0.2, 0.25) is 0 Å². The van der Waals surface area contributed by atoms with Crippen molar-refractivity contribution in [2.24, 2.45) is 11.8 Å². The summed E-state index contributed by atoms with van der Waals surface area (Å²) in [6.07, 6.45) is 0.457. The van der Waals surface area contributed by atoms with E-state index in [0.29, 0.717) is 18.3 Å². The maximum Gasteiger partial charge on any atom is 0.226 e. The van der Waals surface area contributed by atoms with E-state index in [-0.39, 0.29) is 5.91 Å². The molecule has 0 saturated heterocycles. The van der Waals surface area contributed by atoms with Crippen molar-refractivity contribution in [1.29, 1.82) is 0 Å². The Kier molecular flexibility index (Phi) is 5.78. The van der Waals surface area contributed by atoms with Crippen molar-refractivity contribution in [1.82, 2.24) is 14.7 Å². The third-order valence-electron chi connectivity index (χ3n) is 3.46. The van der Waals surface area contributed by atoms with E-state index < -0.39 is 0 Å². The lowest BCUT2D eigenvalue weighted by atomic mass is 10.1. The molecular formula is C16H29N3O. The van der Waals surface area contributed by atoms with Crippen LogP contribution in [-0.4, -0.2) is 34.2 Å². The van der Waals surface area contributed by atoms with Gasteiger partial charge in [-0.05, 0) is 25.7 Å². The van der Waals surface area contributed by atoms with E-state index in [0.717, 1.165) is 30.0 Å². The average molecular weight is 279 g/mol. The molecule has 0 unspecified atom stereocenters. The molecule has 0 fully saturated rings. The van der Waals surface area contributed by atoms with Gasteiger partial charge in [0.2, 0.25) is 5.91 Å². The molecule has 0 saturated carbocycles. The van der Waals surface area contributed by atoms with Crippen molar-refractivity contribution >= 4 is 5.91 Å². The quantitative estimate of drug-likeness (QED) is 0.803. The number of nitrogens with zero attached hydrogens (tertiary/aromatic N) is 3. The number of hydrogen-bond acceptors (Lipinski definition) is 2. The number of aryl methyl sites for hydroxylation is 1. The largest absolute Gasteiger partial charge is 0.345 e. The molecule has 0 bridgehead atoms. The molecule has 0 spiro atoms. The number of aromatic nitrogens is 2. The summed E-state index contributed by atoms with van der Waals surface area (Å²) in [4.78, 5) is 14.1. The van der Waals surface area contributed by atoms with Gasteiger partial charge in [-0.25, -0.2) is 0 Å². The van der Waals surface area contributed by atoms with Gasteiger partial charge in [-0.1, -0.05) is 27.7 Å². The van der Waals surface area contributed by atoms with Gasteiger partial charge in [0.1, 0.15) is 0 Å². The van der Waals surface area contributed by atoms with E-state index in [1.165, 1.54) is 0 Å². The molecule has 1 aromatic rings. The number of hydrogen-bond donors (Lipinski definition) is 0. The van der Waals surface area contributed by atoms with E-state index in [2.05, 4.69) is 39.7 Å². The molecule has 0 aliphatic heterocycles. The summed E-state index contributed by atoms with van der Waals surface area (Å²) < 4.78 is 2.03. The molecule has 1 amide bonds. The second-order valence-electron chi connectivity index (χ2n) is 6.57. The highest BCUT2D eigenvalue weighted by molar-refractivity contribution is 5.79. The van der Waals surface area contributed by atoms with E-state index in [1.54, 1.807) is 0 Å². The van der Waals surface area contributed by atoms with Crippen LogP contribution < -0.4 is 0 Å². The zero-order valence-electron chi connectivity index (χ0n) is 14.0. The van der Waals surface area contributed by atoms with E-state index >= 15 is 0 Å². The average Bonchev–Trinajstić information content (AvgIpc) is 2.55. The molecule has 20 heavy (non-hydrogen) atoms. The third-order valence-corrected chi connectivity index (χ3v) is 3.46. The topological polar surface area (TPSA) is 38.1 Å². The van der Waals surface area contributed by atoms with E-state index in [9.17, 15) is 4.79 Å². The van der Waals surface area contributed by atoms with Gasteiger partial charge in [0, 0.05) is 31.4 Å². The maximum absolute atomic E-state index is 12.3. The fraction of sp³-hybridized carbons (Fsp3) is 0.750. The minimum Gasteiger partial charge on any atom is -0.345 e. The smallest absolute Gasteiger partial charge is 0.226 e. The van der Waals surface area contributed by atoms with Crippen LogP contribution in [0.25, 0.3) is 0 Å². The van der Waals surface area contributed by atoms with Crippen molar-refractivity contribution in [3.63, 3.8) is 0 Å². The number of carbonyl (C=O) groups is 1. The Labute approximate surface area is 123 Å². The summed E-state index contributed by atoms with van der Waals surface area (Å²) >= 11 is 0. The molecule has 114 valence electrons. The Morgan fingerprint density at radius 2 is 1.80 bits per heavy atom. The SMILES string of the molecule is Cc1nn(CC(C)C)c(C)c1CC(=O)N(C)CC(C)C. The second kappa shape index (κ2) is 6.91. The van der Waals surface area contributed by atoms with Crippen molar-refractivity contribution in [2.45, 2.75) is 54.5 Å². The van der Waals surface area contributed by atoms with E-state index in [1.807, 2.05) is 23.6 Å². The van der Waals surface area contributed by atoms with Gasteiger partial charge in [0.05, 0.1) is 12.1 Å². The molecule has 0 radical (unpaired) electrons. The van der Waals surface area contributed by atoms with Crippen LogP contribution in [0.4, 0.5) is 0 Å². The summed E-state index contributed by atoms with van der Waals surface area (Å²) in [7, 11) is 1.88. The summed E-state index contributed by atoms with van der Waals surface area (Å²) in [6, 6.07) is 0. The summed E-state index contributed by atoms with van der Waals surface area (Å²) in [5.74, 6) is 1.23. The Morgan fingerprint density at radius 1 is 1.20 bits per heavy atom. The zero-order chi connectivity index (χ0) is 15.4. The molecule has 0 aromatic carbocycles. The van der Waals surface area contributed by atoms with Crippen molar-refractivity contribution < 1.29 is 4.79 Å². The predicted octanol–water partition coefficient (Wildman–Crippen LogP) is 2.81. The second-order valence-corrected chi connectivity index (χ2v) is 6.57. The first-order valence-electron chi connectivity index (χ1n) is 7.49. The summed E-state index contributed by atoms with van der Waals surface area (Å²) in [6.45, 7) is 14.4. The number of carbonyl (C=O) groups excluding carboxylic acids is 1. The Morgan fingerprint density at radius 3 is 2.30 bits per heavy atom. The molecule has 0 N–H and O–H groups in total. The predicted molar refractivity (Wildman–Crippen MR) is 82.7 cm³/mol. The number of rotatable bonds is 6. The van der Waals surface area contributed by atoms with Crippen LogP contribution in [-0.2, 0) is 17.8 Å². The zero-order valence-corrected chi connectivity index (χ0v) is 14.0. The molecule has 1 heterocycles. The van der Waals surface area contributed by atoms with Crippen LogP contribution >= 0.6 is 0 Å². The fourth-order valence-electron chi connectivity index (χ4n) is 2.45. The molecular weight excluding hydrogens is 250 g/mol. The van der Waals surface area contributed by atoms with Crippen LogP contribution in [0, 0.1) is 25.7 Å². The first-order chi connectivity index (χ1) is 9.22. The first kappa shape index (κ1) is 16.7. The normalized spacial score (nSPS) is 11.4. The van der Waals surface area contributed by atoms with Crippen LogP contribution in [0.1, 0.15) is 44.6 Å². The Hall–Kier alpha value is -1.32. The Bertz CT molecular complexity index is 461. The van der Waals surface area contributed by atoms with Crippen LogP contribution in [0.3, 0.4) is 0 Å². The highest BCUT2D eigenvalue weighted by atomic mass is 16.2. The molecule has 1 aromatic heterocycles. The van der Waals surface area contributed by atoms with Crippen molar-refractivity contribution in [2.75, 3.05) is 13.6 Å². The minimum absolute atomic E-state index is 0.175. The van der Waals surface area contributed by atoms with Gasteiger partial charge in [-0.2, -0.15) is 5.10 Å². The standard InChI is InChI=1S/C16H29N3O/c1-11(2)9-18(7)16(20)8-15-13(5)17-19(14(15)6)10-12(3)4/h11-12H,8-10H2,1-7H3. The molecule has 4 heteroatoms. The van der Waals surface area contributed by atoms with Crippen molar-refractivity contribution in [3.05, 3.63) is 17.0 Å². The minimum atomic E-state index is 0.175. The lowest BCUT2D eigenvalue weighted by Gasteiger charge is -2.19. The number of amides is 1. The van der Waals surface area contributed by atoms with Gasteiger partial charge >= 0.3 is 0 Å². The van der Waals surface area contributed by atoms with Gasteiger partial charge in [-0.3, -0.25) is 9.48 Å². The monoisotopic (exact) mass is 279 g/mol. The lowest BCUT2D eigenvalue weighted by molar-refractivity contribution is -0.129. The third kappa shape index (κ3) is 4.36. The molecule has 0 aliphatic rings. The van der Waals surface area contributed by atoms with Gasteiger partial charge in [-0.15, -0.1) is 0 Å². The molecule has 0 aliphatic carbocycles. The molecule has 0 atom stereocenters.